The molecule has 0 bridgehead atoms. The maximum Gasteiger partial charge on any atom is 0.345 e. The highest BCUT2D eigenvalue weighted by Crippen LogP contribution is 2.47. The van der Waals surface area contributed by atoms with Gasteiger partial charge in [-0.25, -0.2) is 4.79 Å². The molecule has 0 spiro atoms. The predicted octanol–water partition coefficient (Wildman–Crippen LogP) is 3.41. The second-order valence-electron chi connectivity index (χ2n) is 5.98. The molecule has 2 saturated heterocycles. The van der Waals surface area contributed by atoms with Crippen LogP contribution in [0.2, 0.25) is 0 Å². The van der Waals surface area contributed by atoms with E-state index in [0.717, 1.165) is 10.5 Å². The van der Waals surface area contributed by atoms with E-state index in [-0.39, 0.29) is 24.1 Å². The van der Waals surface area contributed by atoms with Gasteiger partial charge in [0.1, 0.15) is 11.5 Å². The molecule has 0 radical (unpaired) electrons. The standard InChI is InChI=1S/C19H18O4S/c20-18-19(13-21-12-14-7-3-1-4-8-14)16(22-18)11-17(23-19)24-15-9-5-2-6-10-15/h1-10,16-17H,11-13H2/t16-,17-,19+/m0/s1. The van der Waals surface area contributed by atoms with Gasteiger partial charge < -0.3 is 14.2 Å². The molecule has 24 heavy (non-hydrogen) atoms. The Morgan fingerprint density at radius 1 is 1.08 bits per heavy atom. The van der Waals surface area contributed by atoms with Crippen LogP contribution in [0, 0.1) is 0 Å². The fourth-order valence-corrected chi connectivity index (χ4v) is 4.13. The second-order valence-corrected chi connectivity index (χ2v) is 7.21. The van der Waals surface area contributed by atoms with Crippen LogP contribution in [-0.4, -0.2) is 29.7 Å². The van der Waals surface area contributed by atoms with Gasteiger partial charge in [-0.05, 0) is 17.7 Å². The zero-order valence-electron chi connectivity index (χ0n) is 13.1. The minimum atomic E-state index is -0.929. The molecule has 2 heterocycles. The fourth-order valence-electron chi connectivity index (χ4n) is 3.02. The van der Waals surface area contributed by atoms with Crippen molar-refractivity contribution >= 4 is 17.7 Å². The second kappa shape index (κ2) is 6.59. The molecule has 3 atom stereocenters. The Kier molecular flexibility index (Phi) is 4.31. The first kappa shape index (κ1) is 15.7. The van der Waals surface area contributed by atoms with Crippen molar-refractivity contribution < 1.29 is 19.0 Å². The fraction of sp³-hybridized carbons (Fsp3) is 0.316. The number of hydrogen-bond donors (Lipinski definition) is 0. The van der Waals surface area contributed by atoms with Crippen LogP contribution in [-0.2, 0) is 25.6 Å². The zero-order chi connectivity index (χ0) is 16.4. The third-order valence-corrected chi connectivity index (χ3v) is 5.40. The van der Waals surface area contributed by atoms with E-state index in [0.29, 0.717) is 13.0 Å². The molecule has 2 aliphatic rings. The molecular weight excluding hydrogens is 324 g/mol. The summed E-state index contributed by atoms with van der Waals surface area (Å²) in [5, 5.41) is 0. The first-order chi connectivity index (χ1) is 11.8. The van der Waals surface area contributed by atoms with Gasteiger partial charge in [0, 0.05) is 11.3 Å². The van der Waals surface area contributed by atoms with Crippen molar-refractivity contribution in [3.8, 4) is 0 Å². The molecular formula is C19H18O4S. The van der Waals surface area contributed by atoms with Gasteiger partial charge in [-0.2, -0.15) is 0 Å². The van der Waals surface area contributed by atoms with Crippen molar-refractivity contribution in [2.24, 2.45) is 0 Å². The average molecular weight is 342 g/mol. The molecule has 4 nitrogen and oxygen atoms in total. The Balaban J connectivity index is 1.37. The van der Waals surface area contributed by atoms with Gasteiger partial charge in [-0.15, -0.1) is 0 Å². The van der Waals surface area contributed by atoms with Crippen LogP contribution in [0.15, 0.2) is 65.6 Å². The monoisotopic (exact) mass is 342 g/mol. The topological polar surface area (TPSA) is 44.8 Å². The van der Waals surface area contributed by atoms with E-state index in [9.17, 15) is 4.79 Å². The van der Waals surface area contributed by atoms with Crippen LogP contribution in [0.3, 0.4) is 0 Å². The predicted molar refractivity (Wildman–Crippen MR) is 90.5 cm³/mol. The Labute approximate surface area is 145 Å². The molecule has 0 saturated carbocycles. The van der Waals surface area contributed by atoms with Crippen LogP contribution in [0.25, 0.3) is 0 Å². The number of fused-ring (bicyclic) bond motifs is 1. The van der Waals surface area contributed by atoms with Crippen LogP contribution >= 0.6 is 11.8 Å². The number of ether oxygens (including phenoxy) is 3. The lowest BCUT2D eigenvalue weighted by atomic mass is 9.92. The Morgan fingerprint density at radius 3 is 2.50 bits per heavy atom. The number of thioether (sulfide) groups is 1. The van der Waals surface area contributed by atoms with Gasteiger partial charge in [-0.3, -0.25) is 0 Å². The van der Waals surface area contributed by atoms with Crippen molar-refractivity contribution in [2.45, 2.75) is 35.1 Å². The lowest BCUT2D eigenvalue weighted by molar-refractivity contribution is -0.230. The Morgan fingerprint density at radius 2 is 1.79 bits per heavy atom. The summed E-state index contributed by atoms with van der Waals surface area (Å²) in [5.41, 5.74) is 0.0526. The summed E-state index contributed by atoms with van der Waals surface area (Å²) in [6.45, 7) is 0.694. The highest BCUT2D eigenvalue weighted by atomic mass is 32.2. The van der Waals surface area contributed by atoms with Crippen LogP contribution < -0.4 is 0 Å². The maximum absolute atomic E-state index is 12.0. The van der Waals surface area contributed by atoms with Gasteiger partial charge in [-0.1, -0.05) is 60.3 Å². The van der Waals surface area contributed by atoms with E-state index in [1.807, 2.05) is 60.7 Å². The molecule has 2 fully saturated rings. The van der Waals surface area contributed by atoms with Gasteiger partial charge in [0.15, 0.2) is 0 Å². The average Bonchev–Trinajstić information content (AvgIpc) is 2.89. The summed E-state index contributed by atoms with van der Waals surface area (Å²) in [4.78, 5) is 13.2. The van der Waals surface area contributed by atoms with Crippen molar-refractivity contribution in [3.05, 3.63) is 66.2 Å². The molecule has 0 aliphatic carbocycles. The van der Waals surface area contributed by atoms with Crippen molar-refractivity contribution in [1.82, 2.24) is 0 Å². The first-order valence-corrected chi connectivity index (χ1v) is 8.86. The highest BCUT2D eigenvalue weighted by molar-refractivity contribution is 7.99. The summed E-state index contributed by atoms with van der Waals surface area (Å²) in [7, 11) is 0. The van der Waals surface area contributed by atoms with Gasteiger partial charge in [0.25, 0.3) is 0 Å². The smallest absolute Gasteiger partial charge is 0.345 e. The number of carbonyl (C=O) groups excluding carboxylic acids is 1. The number of carbonyl (C=O) groups is 1. The number of hydrogen-bond acceptors (Lipinski definition) is 5. The highest BCUT2D eigenvalue weighted by Gasteiger charge is 2.65. The van der Waals surface area contributed by atoms with Gasteiger partial charge >= 0.3 is 5.97 Å². The molecule has 0 aromatic heterocycles. The minimum absolute atomic E-state index is 0.0934. The first-order valence-electron chi connectivity index (χ1n) is 7.98. The number of esters is 1. The normalized spacial score (nSPS) is 28.1. The molecule has 0 unspecified atom stereocenters. The zero-order valence-corrected chi connectivity index (χ0v) is 13.9. The van der Waals surface area contributed by atoms with Crippen molar-refractivity contribution in [3.63, 3.8) is 0 Å². The largest absolute Gasteiger partial charge is 0.456 e. The number of benzene rings is 2. The van der Waals surface area contributed by atoms with Crippen LogP contribution in [0.1, 0.15) is 12.0 Å². The van der Waals surface area contributed by atoms with E-state index >= 15 is 0 Å². The minimum Gasteiger partial charge on any atom is -0.456 e. The Bertz CT molecular complexity index is 706. The van der Waals surface area contributed by atoms with Crippen LogP contribution in [0.5, 0.6) is 0 Å². The van der Waals surface area contributed by atoms with E-state index in [1.165, 1.54) is 0 Å². The van der Waals surface area contributed by atoms with E-state index in [1.54, 1.807) is 11.8 Å². The SMILES string of the molecule is O=C1O[C@H]2C[C@H](Sc3ccccc3)O[C@@]12COCc1ccccc1. The summed E-state index contributed by atoms with van der Waals surface area (Å²) >= 11 is 1.62. The summed E-state index contributed by atoms with van der Waals surface area (Å²) in [5.74, 6) is -0.309. The maximum atomic E-state index is 12.0. The lowest BCUT2D eigenvalue weighted by Crippen LogP contribution is -2.63. The van der Waals surface area contributed by atoms with Crippen molar-refractivity contribution in [2.75, 3.05) is 6.61 Å². The molecule has 2 aliphatic heterocycles. The third kappa shape index (κ3) is 2.95. The summed E-state index contributed by atoms with van der Waals surface area (Å²) in [6, 6.07) is 19.9. The van der Waals surface area contributed by atoms with Crippen molar-refractivity contribution in [1.29, 1.82) is 0 Å². The van der Waals surface area contributed by atoms with Crippen LogP contribution in [0.4, 0.5) is 0 Å². The molecule has 0 N–H and O–H groups in total. The summed E-state index contributed by atoms with van der Waals surface area (Å²) in [6.07, 6.45) is 0.488. The van der Waals surface area contributed by atoms with E-state index in [4.69, 9.17) is 14.2 Å². The molecule has 124 valence electrons. The molecule has 0 amide bonds. The van der Waals surface area contributed by atoms with E-state index in [2.05, 4.69) is 0 Å². The molecule has 5 heteroatoms. The third-order valence-electron chi connectivity index (χ3n) is 4.30. The number of rotatable bonds is 6. The molecule has 2 aromatic rings. The van der Waals surface area contributed by atoms with Gasteiger partial charge in [0.05, 0.1) is 13.2 Å². The molecule has 4 rings (SSSR count). The summed E-state index contributed by atoms with van der Waals surface area (Å²) < 4.78 is 17.1. The Hall–Kier alpha value is -1.82. The molecule has 2 aromatic carbocycles. The lowest BCUT2D eigenvalue weighted by Gasteiger charge is -2.40. The van der Waals surface area contributed by atoms with E-state index < -0.39 is 5.60 Å². The quantitative estimate of drug-likeness (QED) is 0.753. The van der Waals surface area contributed by atoms with Gasteiger partial charge in [0.2, 0.25) is 5.60 Å².